The summed E-state index contributed by atoms with van der Waals surface area (Å²) >= 11 is 0. The summed E-state index contributed by atoms with van der Waals surface area (Å²) in [6.07, 6.45) is 4.01. The summed E-state index contributed by atoms with van der Waals surface area (Å²) in [5.41, 5.74) is 9.13. The van der Waals surface area contributed by atoms with Gasteiger partial charge in [-0.25, -0.2) is 19.9 Å². The lowest BCUT2D eigenvalue weighted by molar-refractivity contribution is 1.13. The molecule has 0 amide bonds. The van der Waals surface area contributed by atoms with Gasteiger partial charge in [-0.1, -0.05) is 72.8 Å². The molecule has 0 unspecified atom stereocenters. The molecule has 0 N–H and O–H groups in total. The molecule has 10 aromatic rings. The van der Waals surface area contributed by atoms with Gasteiger partial charge in [-0.2, -0.15) is 0 Å². The van der Waals surface area contributed by atoms with Crippen LogP contribution >= 0.6 is 0 Å². The average molecular weight is 615 g/mol. The van der Waals surface area contributed by atoms with Crippen LogP contribution in [0.2, 0.25) is 0 Å². The predicted octanol–water partition coefficient (Wildman–Crippen LogP) is 9.95. The van der Waals surface area contributed by atoms with Crippen molar-refractivity contribution in [1.29, 1.82) is 0 Å². The van der Waals surface area contributed by atoms with Crippen molar-refractivity contribution in [2.45, 2.75) is 0 Å². The molecule has 4 aromatic heterocycles. The minimum absolute atomic E-state index is 0.586. The van der Waals surface area contributed by atoms with Gasteiger partial charge in [-0.05, 0) is 72.8 Å². The molecular weight excluding hydrogens is 589 g/mol. The molecule has 0 atom stereocenters. The van der Waals surface area contributed by atoms with Gasteiger partial charge in [0, 0.05) is 56.3 Å². The van der Waals surface area contributed by atoms with E-state index in [-0.39, 0.29) is 0 Å². The first-order valence-corrected chi connectivity index (χ1v) is 16.0. The molecule has 6 nitrogen and oxygen atoms in total. The van der Waals surface area contributed by atoms with Crippen LogP contribution in [0, 0.1) is 0 Å². The highest BCUT2D eigenvalue weighted by Gasteiger charge is 2.17. The zero-order chi connectivity index (χ0) is 31.6. The fraction of sp³-hybridized carbons (Fsp3) is 0. The van der Waals surface area contributed by atoms with Crippen LogP contribution in [-0.2, 0) is 0 Å². The number of nitrogens with zero attached hydrogens (tertiary/aromatic N) is 6. The van der Waals surface area contributed by atoms with E-state index in [1.165, 1.54) is 27.2 Å². The van der Waals surface area contributed by atoms with Gasteiger partial charge in [0.2, 0.25) is 0 Å². The highest BCUT2D eigenvalue weighted by atomic mass is 15.0. The number of hydrogen-bond acceptors (Lipinski definition) is 4. The summed E-state index contributed by atoms with van der Waals surface area (Å²) in [7, 11) is 0. The van der Waals surface area contributed by atoms with Gasteiger partial charge >= 0.3 is 0 Å². The molecule has 0 bridgehead atoms. The van der Waals surface area contributed by atoms with Crippen LogP contribution < -0.4 is 0 Å². The maximum absolute atomic E-state index is 5.06. The lowest BCUT2D eigenvalue weighted by Crippen LogP contribution is -1.99. The SMILES string of the molecule is c1ccc(-n2ccc3cc4c(cc32)c2ccccc2n4-c2ccc(-c3nc(-c4ncc5ccccc5n4)c4ccccc4n3)cc2)cc1. The molecule has 0 aliphatic heterocycles. The largest absolute Gasteiger partial charge is 0.317 e. The second-order valence-electron chi connectivity index (χ2n) is 12.0. The van der Waals surface area contributed by atoms with Gasteiger partial charge in [0.1, 0.15) is 5.69 Å². The van der Waals surface area contributed by atoms with Crippen molar-refractivity contribution in [3.63, 3.8) is 0 Å². The minimum atomic E-state index is 0.586. The Hall–Kier alpha value is -6.66. The fourth-order valence-electron chi connectivity index (χ4n) is 6.91. The number of rotatable bonds is 4. The summed E-state index contributed by atoms with van der Waals surface area (Å²) in [6, 6.07) is 50.5. The van der Waals surface area contributed by atoms with E-state index >= 15 is 0 Å². The molecule has 0 spiro atoms. The third-order valence-electron chi connectivity index (χ3n) is 9.21. The van der Waals surface area contributed by atoms with Crippen molar-refractivity contribution < 1.29 is 0 Å². The smallest absolute Gasteiger partial charge is 0.179 e. The van der Waals surface area contributed by atoms with Gasteiger partial charge in [-0.3, -0.25) is 0 Å². The molecule has 224 valence electrons. The maximum atomic E-state index is 5.06. The lowest BCUT2D eigenvalue weighted by Gasteiger charge is -2.11. The Bertz CT molecular complexity index is 2830. The molecule has 6 aromatic carbocycles. The van der Waals surface area contributed by atoms with Gasteiger partial charge in [0.05, 0.1) is 27.6 Å². The molecule has 4 heterocycles. The van der Waals surface area contributed by atoms with E-state index in [2.05, 4.69) is 112 Å². The third-order valence-corrected chi connectivity index (χ3v) is 9.21. The summed E-state index contributed by atoms with van der Waals surface area (Å²) in [5.74, 6) is 1.22. The van der Waals surface area contributed by atoms with E-state index in [1.54, 1.807) is 0 Å². The molecule has 0 aliphatic carbocycles. The van der Waals surface area contributed by atoms with Gasteiger partial charge < -0.3 is 9.13 Å². The number of benzene rings is 6. The van der Waals surface area contributed by atoms with E-state index in [0.717, 1.165) is 50.0 Å². The number of fused-ring (bicyclic) bond motifs is 6. The van der Waals surface area contributed by atoms with Crippen molar-refractivity contribution in [2.75, 3.05) is 0 Å². The first-order valence-electron chi connectivity index (χ1n) is 16.0. The average Bonchev–Trinajstić information content (AvgIpc) is 3.72. The van der Waals surface area contributed by atoms with E-state index in [0.29, 0.717) is 11.6 Å². The molecule has 48 heavy (non-hydrogen) atoms. The summed E-state index contributed by atoms with van der Waals surface area (Å²) in [5, 5.41) is 5.55. The normalized spacial score (nSPS) is 11.8. The second kappa shape index (κ2) is 10.4. The Morgan fingerprint density at radius 2 is 1.17 bits per heavy atom. The standard InChI is InChI=1S/C42H26N6/c1-2-11-30(12-3-1)47-23-22-28-24-39-34(25-38(28)47)32-13-6-9-17-37(32)48(39)31-20-18-27(19-21-31)41-45-36-16-8-5-14-33(36)40(46-41)42-43-26-29-10-4-7-15-35(29)44-42/h1-26H. The van der Waals surface area contributed by atoms with Crippen molar-refractivity contribution in [2.24, 2.45) is 0 Å². The highest BCUT2D eigenvalue weighted by Crippen LogP contribution is 2.36. The molecule has 0 saturated carbocycles. The van der Waals surface area contributed by atoms with Crippen LogP contribution in [0.3, 0.4) is 0 Å². The number of aromatic nitrogens is 6. The Balaban J connectivity index is 1.11. The minimum Gasteiger partial charge on any atom is -0.317 e. The summed E-state index contributed by atoms with van der Waals surface area (Å²) in [6.45, 7) is 0. The van der Waals surface area contributed by atoms with Crippen LogP contribution in [0.15, 0.2) is 158 Å². The van der Waals surface area contributed by atoms with Crippen molar-refractivity contribution in [3.8, 4) is 34.3 Å². The summed E-state index contributed by atoms with van der Waals surface area (Å²) < 4.78 is 4.61. The molecule has 0 radical (unpaired) electrons. The maximum Gasteiger partial charge on any atom is 0.179 e. The monoisotopic (exact) mass is 614 g/mol. The molecule has 0 fully saturated rings. The molecular formula is C42H26N6. The number of hydrogen-bond donors (Lipinski definition) is 0. The Kier molecular flexibility index (Phi) is 5.77. The third kappa shape index (κ3) is 4.13. The summed E-state index contributed by atoms with van der Waals surface area (Å²) in [4.78, 5) is 19.6. The predicted molar refractivity (Wildman–Crippen MR) is 195 cm³/mol. The number of para-hydroxylation sites is 4. The Morgan fingerprint density at radius 1 is 0.438 bits per heavy atom. The van der Waals surface area contributed by atoms with Crippen LogP contribution in [0.4, 0.5) is 0 Å². The van der Waals surface area contributed by atoms with E-state index in [9.17, 15) is 0 Å². The van der Waals surface area contributed by atoms with Gasteiger partial charge in [0.15, 0.2) is 11.6 Å². The zero-order valence-electron chi connectivity index (χ0n) is 25.7. The molecule has 10 rings (SSSR count). The zero-order valence-corrected chi connectivity index (χ0v) is 25.7. The first kappa shape index (κ1) is 26.5. The van der Waals surface area contributed by atoms with E-state index in [1.807, 2.05) is 54.7 Å². The molecule has 0 aliphatic rings. The van der Waals surface area contributed by atoms with Crippen molar-refractivity contribution in [1.82, 2.24) is 29.1 Å². The topological polar surface area (TPSA) is 61.4 Å². The highest BCUT2D eigenvalue weighted by molar-refractivity contribution is 6.13. The lowest BCUT2D eigenvalue weighted by atomic mass is 10.1. The van der Waals surface area contributed by atoms with Crippen LogP contribution in [0.5, 0.6) is 0 Å². The fourth-order valence-corrected chi connectivity index (χ4v) is 6.91. The van der Waals surface area contributed by atoms with Gasteiger partial charge in [0.25, 0.3) is 0 Å². The van der Waals surface area contributed by atoms with Crippen molar-refractivity contribution >= 4 is 54.5 Å². The van der Waals surface area contributed by atoms with Crippen LogP contribution in [0.1, 0.15) is 0 Å². The Labute approximate surface area is 275 Å². The van der Waals surface area contributed by atoms with E-state index < -0.39 is 0 Å². The van der Waals surface area contributed by atoms with Crippen LogP contribution in [-0.4, -0.2) is 29.1 Å². The first-order chi connectivity index (χ1) is 23.8. The molecule has 6 heteroatoms. The molecule has 0 saturated heterocycles. The van der Waals surface area contributed by atoms with Crippen LogP contribution in [0.25, 0.3) is 88.8 Å². The van der Waals surface area contributed by atoms with Crippen molar-refractivity contribution in [3.05, 3.63) is 158 Å². The second-order valence-corrected chi connectivity index (χ2v) is 12.0. The quantitative estimate of drug-likeness (QED) is 0.198. The van der Waals surface area contributed by atoms with Gasteiger partial charge in [-0.15, -0.1) is 0 Å². The van der Waals surface area contributed by atoms with E-state index in [4.69, 9.17) is 19.9 Å². The Morgan fingerprint density at radius 3 is 2.04 bits per heavy atom.